The van der Waals surface area contributed by atoms with Crippen LogP contribution in [-0.2, 0) is 16.0 Å². The number of aliphatic carboxylic acids is 1. The molecule has 8 nitrogen and oxygen atoms in total. The number of likely N-dealkylation sites (tertiary alicyclic amines) is 1. The van der Waals surface area contributed by atoms with Crippen LogP contribution >= 0.6 is 0 Å². The summed E-state index contributed by atoms with van der Waals surface area (Å²) in [4.78, 5) is 24.3. The van der Waals surface area contributed by atoms with Gasteiger partial charge in [-0.25, -0.2) is 0 Å². The summed E-state index contributed by atoms with van der Waals surface area (Å²) in [7, 11) is 0. The Morgan fingerprint density at radius 2 is 2.35 bits per heavy atom. The molecule has 1 aliphatic rings. The summed E-state index contributed by atoms with van der Waals surface area (Å²) in [6.07, 6.45) is 1.40. The van der Waals surface area contributed by atoms with Gasteiger partial charge >= 0.3 is 5.97 Å². The third-order valence-corrected chi connectivity index (χ3v) is 2.82. The third kappa shape index (κ3) is 2.77. The Labute approximate surface area is 97.0 Å². The van der Waals surface area contributed by atoms with E-state index in [1.54, 1.807) is 4.90 Å². The van der Waals surface area contributed by atoms with Gasteiger partial charge in [0.25, 0.3) is 0 Å². The van der Waals surface area contributed by atoms with E-state index in [0.29, 0.717) is 18.8 Å². The van der Waals surface area contributed by atoms with Gasteiger partial charge in [-0.2, -0.15) is 5.21 Å². The average Bonchev–Trinajstić information content (AvgIpc) is 2.82. The van der Waals surface area contributed by atoms with Gasteiger partial charge in [0.2, 0.25) is 5.91 Å². The summed E-state index contributed by atoms with van der Waals surface area (Å²) in [5.41, 5.74) is 0. The fourth-order valence-corrected chi connectivity index (χ4v) is 1.91. The van der Waals surface area contributed by atoms with Crippen LogP contribution in [-0.4, -0.2) is 55.6 Å². The molecule has 1 aromatic rings. The molecule has 0 spiro atoms. The van der Waals surface area contributed by atoms with Crippen LogP contribution in [0.25, 0.3) is 0 Å². The summed E-state index contributed by atoms with van der Waals surface area (Å²) in [6.45, 7) is 0.868. The number of carboxylic acids is 1. The molecule has 8 heteroatoms. The van der Waals surface area contributed by atoms with Crippen LogP contribution in [0.5, 0.6) is 0 Å². The van der Waals surface area contributed by atoms with Crippen molar-refractivity contribution < 1.29 is 14.7 Å². The second-order valence-corrected chi connectivity index (χ2v) is 4.02. The fraction of sp³-hybridized carbons (Fsp3) is 0.667. The number of nitrogens with one attached hydrogen (secondary N) is 1. The Bertz CT molecular complexity index is 405. The molecule has 1 fully saturated rings. The molecule has 0 aromatic carbocycles. The smallest absolute Gasteiger partial charge is 0.308 e. The van der Waals surface area contributed by atoms with E-state index in [-0.39, 0.29) is 18.9 Å². The van der Waals surface area contributed by atoms with Crippen molar-refractivity contribution in [2.75, 3.05) is 13.1 Å². The maximum atomic E-state index is 11.8. The van der Waals surface area contributed by atoms with Gasteiger partial charge in [0.1, 0.15) is 0 Å². The molecule has 1 amide bonds. The molecular weight excluding hydrogens is 226 g/mol. The van der Waals surface area contributed by atoms with E-state index < -0.39 is 11.9 Å². The van der Waals surface area contributed by atoms with Crippen molar-refractivity contribution in [3.8, 4) is 0 Å². The van der Waals surface area contributed by atoms with Gasteiger partial charge in [0, 0.05) is 13.1 Å². The van der Waals surface area contributed by atoms with Gasteiger partial charge in [-0.05, 0) is 12.8 Å². The molecule has 0 saturated carbocycles. The van der Waals surface area contributed by atoms with Gasteiger partial charge in [0.05, 0.1) is 12.3 Å². The lowest BCUT2D eigenvalue weighted by Crippen LogP contribution is -2.43. The number of aromatic nitrogens is 4. The van der Waals surface area contributed by atoms with Crippen LogP contribution < -0.4 is 0 Å². The van der Waals surface area contributed by atoms with Gasteiger partial charge in [-0.1, -0.05) is 5.21 Å². The number of aromatic amines is 1. The first-order valence-corrected chi connectivity index (χ1v) is 5.39. The molecule has 0 bridgehead atoms. The number of carbonyl (C=O) groups is 2. The largest absolute Gasteiger partial charge is 0.481 e. The maximum Gasteiger partial charge on any atom is 0.308 e. The highest BCUT2D eigenvalue weighted by Gasteiger charge is 2.28. The number of tetrazole rings is 1. The van der Waals surface area contributed by atoms with Gasteiger partial charge in [-0.3, -0.25) is 9.59 Å². The van der Waals surface area contributed by atoms with Crippen molar-refractivity contribution in [2.24, 2.45) is 5.92 Å². The number of amides is 1. The molecule has 0 aliphatic carbocycles. The van der Waals surface area contributed by atoms with Crippen molar-refractivity contribution in [3.63, 3.8) is 0 Å². The molecule has 1 saturated heterocycles. The van der Waals surface area contributed by atoms with E-state index in [4.69, 9.17) is 5.11 Å². The summed E-state index contributed by atoms with van der Waals surface area (Å²) >= 11 is 0. The van der Waals surface area contributed by atoms with E-state index in [2.05, 4.69) is 20.6 Å². The Morgan fingerprint density at radius 1 is 1.53 bits per heavy atom. The third-order valence-electron chi connectivity index (χ3n) is 2.82. The molecule has 2 heterocycles. The van der Waals surface area contributed by atoms with E-state index in [1.165, 1.54) is 0 Å². The highest BCUT2D eigenvalue weighted by atomic mass is 16.4. The number of H-pyrrole nitrogens is 1. The zero-order valence-electron chi connectivity index (χ0n) is 9.17. The molecular formula is C9H13N5O3. The van der Waals surface area contributed by atoms with E-state index in [1.807, 2.05) is 0 Å². The zero-order chi connectivity index (χ0) is 12.3. The molecule has 2 rings (SSSR count). The number of nitrogens with zero attached hydrogens (tertiary/aromatic N) is 4. The zero-order valence-corrected chi connectivity index (χ0v) is 9.17. The molecule has 92 valence electrons. The van der Waals surface area contributed by atoms with Crippen LogP contribution in [0, 0.1) is 5.92 Å². The molecule has 2 N–H and O–H groups in total. The molecule has 1 unspecified atom stereocenters. The monoisotopic (exact) mass is 239 g/mol. The van der Waals surface area contributed by atoms with Crippen LogP contribution in [0.15, 0.2) is 0 Å². The molecule has 17 heavy (non-hydrogen) atoms. The normalized spacial score (nSPS) is 20.2. The predicted molar refractivity (Wildman–Crippen MR) is 54.8 cm³/mol. The minimum Gasteiger partial charge on any atom is -0.481 e. The Hall–Kier alpha value is -1.99. The number of piperidine rings is 1. The van der Waals surface area contributed by atoms with Crippen LogP contribution in [0.3, 0.4) is 0 Å². The standard InChI is InChI=1S/C9H13N5O3/c15-8(4-7-10-12-13-11-7)14-3-1-2-6(5-14)9(16)17/h6H,1-5H2,(H,16,17)(H,10,11,12,13). The Balaban J connectivity index is 1.93. The molecule has 1 aliphatic heterocycles. The summed E-state index contributed by atoms with van der Waals surface area (Å²) < 4.78 is 0. The highest BCUT2D eigenvalue weighted by Crippen LogP contribution is 2.17. The Kier molecular flexibility index (Phi) is 3.31. The number of carbonyl (C=O) groups excluding carboxylic acids is 1. The minimum atomic E-state index is -0.845. The SMILES string of the molecule is O=C(O)C1CCCN(C(=O)Cc2nn[nH]n2)C1. The summed E-state index contributed by atoms with van der Waals surface area (Å²) in [5.74, 6) is -1.13. The molecule has 1 aromatic heterocycles. The molecule has 0 radical (unpaired) electrons. The number of hydrogen-bond acceptors (Lipinski definition) is 5. The lowest BCUT2D eigenvalue weighted by molar-refractivity contribution is -0.145. The lowest BCUT2D eigenvalue weighted by atomic mass is 9.98. The van der Waals surface area contributed by atoms with Crippen LogP contribution in [0.4, 0.5) is 0 Å². The first-order chi connectivity index (χ1) is 8.16. The number of hydrogen-bond donors (Lipinski definition) is 2. The van der Waals surface area contributed by atoms with Gasteiger partial charge < -0.3 is 10.0 Å². The quantitative estimate of drug-likeness (QED) is 0.704. The van der Waals surface area contributed by atoms with Gasteiger partial charge in [0.15, 0.2) is 5.82 Å². The summed E-state index contributed by atoms with van der Waals surface area (Å²) in [6, 6.07) is 0. The van der Waals surface area contributed by atoms with E-state index in [9.17, 15) is 9.59 Å². The first-order valence-electron chi connectivity index (χ1n) is 5.39. The average molecular weight is 239 g/mol. The Morgan fingerprint density at radius 3 is 3.00 bits per heavy atom. The predicted octanol–water partition coefficient (Wildman–Crippen LogP) is -0.935. The van der Waals surface area contributed by atoms with Crippen molar-refractivity contribution in [3.05, 3.63) is 5.82 Å². The highest BCUT2D eigenvalue weighted by molar-refractivity contribution is 5.79. The van der Waals surface area contributed by atoms with Crippen molar-refractivity contribution >= 4 is 11.9 Å². The van der Waals surface area contributed by atoms with Crippen molar-refractivity contribution in [2.45, 2.75) is 19.3 Å². The summed E-state index contributed by atoms with van der Waals surface area (Å²) in [5, 5.41) is 21.9. The van der Waals surface area contributed by atoms with Crippen LogP contribution in [0.1, 0.15) is 18.7 Å². The lowest BCUT2D eigenvalue weighted by Gasteiger charge is -2.30. The van der Waals surface area contributed by atoms with E-state index >= 15 is 0 Å². The molecule has 1 atom stereocenters. The van der Waals surface area contributed by atoms with Gasteiger partial charge in [-0.15, -0.1) is 10.2 Å². The van der Waals surface area contributed by atoms with Crippen molar-refractivity contribution in [1.82, 2.24) is 25.5 Å². The first kappa shape index (κ1) is 11.5. The second-order valence-electron chi connectivity index (χ2n) is 4.02. The topological polar surface area (TPSA) is 112 Å². The minimum absolute atomic E-state index is 0.0584. The van der Waals surface area contributed by atoms with E-state index in [0.717, 1.165) is 6.42 Å². The number of carboxylic acid groups (broad SMARTS) is 1. The second kappa shape index (κ2) is 4.89. The van der Waals surface area contributed by atoms with Crippen molar-refractivity contribution in [1.29, 1.82) is 0 Å². The maximum absolute atomic E-state index is 11.8. The fourth-order valence-electron chi connectivity index (χ4n) is 1.91. The van der Waals surface area contributed by atoms with Crippen LogP contribution in [0.2, 0.25) is 0 Å². The number of rotatable bonds is 3.